The molecule has 20 heavy (non-hydrogen) atoms. The van der Waals surface area contributed by atoms with Gasteiger partial charge < -0.3 is 15.8 Å². The number of fused-ring (bicyclic) bond motifs is 1. The SMILES string of the molecule is COC1CCC(Nc2nc3c(cc2C(N)=S)CCC3)C1. The number of aryl methyl sites for hydroxylation is 2. The number of hydrogen-bond donors (Lipinski definition) is 2. The number of methoxy groups -OCH3 is 1. The van der Waals surface area contributed by atoms with Gasteiger partial charge in [0.15, 0.2) is 0 Å². The lowest BCUT2D eigenvalue weighted by atomic mass is 10.1. The van der Waals surface area contributed by atoms with Crippen molar-refractivity contribution >= 4 is 23.0 Å². The highest BCUT2D eigenvalue weighted by atomic mass is 32.1. The summed E-state index contributed by atoms with van der Waals surface area (Å²) in [5, 5.41) is 3.53. The Labute approximate surface area is 125 Å². The van der Waals surface area contributed by atoms with Gasteiger partial charge >= 0.3 is 0 Å². The van der Waals surface area contributed by atoms with E-state index in [1.54, 1.807) is 7.11 Å². The molecule has 1 heterocycles. The fourth-order valence-corrected chi connectivity index (χ4v) is 3.40. The van der Waals surface area contributed by atoms with Crippen molar-refractivity contribution in [3.63, 3.8) is 0 Å². The summed E-state index contributed by atoms with van der Waals surface area (Å²) in [6, 6.07) is 2.53. The average Bonchev–Trinajstić information content (AvgIpc) is 3.05. The molecule has 1 saturated carbocycles. The zero-order chi connectivity index (χ0) is 14.1. The van der Waals surface area contributed by atoms with Gasteiger partial charge in [0.25, 0.3) is 0 Å². The molecular weight excluding hydrogens is 270 g/mol. The second-order valence-electron chi connectivity index (χ2n) is 5.72. The van der Waals surface area contributed by atoms with Gasteiger partial charge in [-0.05, 0) is 50.2 Å². The van der Waals surface area contributed by atoms with Crippen LogP contribution in [0.15, 0.2) is 6.07 Å². The first-order valence-electron chi connectivity index (χ1n) is 7.29. The van der Waals surface area contributed by atoms with Crippen molar-refractivity contribution in [2.24, 2.45) is 5.73 Å². The largest absolute Gasteiger partial charge is 0.389 e. The van der Waals surface area contributed by atoms with Crippen LogP contribution in [0.25, 0.3) is 0 Å². The number of nitrogens with zero attached hydrogens (tertiary/aromatic N) is 1. The minimum atomic E-state index is 0.357. The lowest BCUT2D eigenvalue weighted by Gasteiger charge is -2.17. The van der Waals surface area contributed by atoms with Crippen molar-refractivity contribution in [3.05, 3.63) is 22.9 Å². The van der Waals surface area contributed by atoms with Crippen LogP contribution in [0.5, 0.6) is 0 Å². The minimum absolute atomic E-state index is 0.357. The molecule has 3 rings (SSSR count). The Kier molecular flexibility index (Phi) is 3.89. The Morgan fingerprint density at radius 1 is 1.45 bits per heavy atom. The van der Waals surface area contributed by atoms with Crippen LogP contribution in [0.1, 0.15) is 42.5 Å². The van der Waals surface area contributed by atoms with Crippen LogP contribution in [-0.2, 0) is 17.6 Å². The van der Waals surface area contributed by atoms with Gasteiger partial charge in [0.05, 0.1) is 11.7 Å². The molecule has 0 radical (unpaired) electrons. The van der Waals surface area contributed by atoms with Crippen LogP contribution in [-0.4, -0.2) is 29.2 Å². The maximum atomic E-state index is 5.86. The number of anilines is 1. The van der Waals surface area contributed by atoms with E-state index in [1.165, 1.54) is 17.7 Å². The minimum Gasteiger partial charge on any atom is -0.389 e. The van der Waals surface area contributed by atoms with Crippen molar-refractivity contribution in [1.82, 2.24) is 4.98 Å². The molecule has 0 bridgehead atoms. The highest BCUT2D eigenvalue weighted by molar-refractivity contribution is 7.80. The zero-order valence-corrected chi connectivity index (χ0v) is 12.6. The molecule has 3 N–H and O–H groups in total. The first kappa shape index (κ1) is 13.8. The van der Waals surface area contributed by atoms with Gasteiger partial charge in [-0.25, -0.2) is 4.98 Å². The van der Waals surface area contributed by atoms with Crippen LogP contribution >= 0.6 is 12.2 Å². The maximum absolute atomic E-state index is 5.86. The van der Waals surface area contributed by atoms with Crippen LogP contribution in [0.3, 0.4) is 0 Å². The Balaban J connectivity index is 1.83. The predicted molar refractivity (Wildman–Crippen MR) is 84.2 cm³/mol. The molecule has 108 valence electrons. The fourth-order valence-electron chi connectivity index (χ4n) is 3.25. The zero-order valence-electron chi connectivity index (χ0n) is 11.8. The molecule has 0 saturated heterocycles. The lowest BCUT2D eigenvalue weighted by molar-refractivity contribution is 0.108. The topological polar surface area (TPSA) is 60.2 Å². The number of nitrogens with one attached hydrogen (secondary N) is 1. The monoisotopic (exact) mass is 291 g/mol. The molecule has 2 aliphatic carbocycles. The summed E-state index contributed by atoms with van der Waals surface area (Å²) in [5.74, 6) is 0.861. The van der Waals surface area contributed by atoms with E-state index in [0.29, 0.717) is 17.1 Å². The van der Waals surface area contributed by atoms with Gasteiger partial charge in [0, 0.05) is 18.8 Å². The fraction of sp³-hybridized carbons (Fsp3) is 0.600. The van der Waals surface area contributed by atoms with Gasteiger partial charge in [-0.2, -0.15) is 0 Å². The van der Waals surface area contributed by atoms with Crippen molar-refractivity contribution in [2.75, 3.05) is 12.4 Å². The van der Waals surface area contributed by atoms with Crippen molar-refractivity contribution in [2.45, 2.75) is 50.7 Å². The highest BCUT2D eigenvalue weighted by Crippen LogP contribution is 2.29. The van der Waals surface area contributed by atoms with E-state index < -0.39 is 0 Å². The summed E-state index contributed by atoms with van der Waals surface area (Å²) in [7, 11) is 1.78. The van der Waals surface area contributed by atoms with Crippen LogP contribution < -0.4 is 11.1 Å². The van der Waals surface area contributed by atoms with Crippen LogP contribution in [0.4, 0.5) is 5.82 Å². The Hall–Kier alpha value is -1.20. The van der Waals surface area contributed by atoms with E-state index in [4.69, 9.17) is 27.7 Å². The summed E-state index contributed by atoms with van der Waals surface area (Å²) in [5.41, 5.74) is 9.26. The standard InChI is InChI=1S/C15H21N3OS/c1-19-11-6-5-10(8-11)17-15-12(14(16)20)7-9-3-2-4-13(9)18-15/h7,10-11H,2-6,8H2,1H3,(H2,16,20)(H,17,18). The molecule has 1 aromatic rings. The van der Waals surface area contributed by atoms with Gasteiger partial charge in [0.2, 0.25) is 0 Å². The first-order valence-corrected chi connectivity index (χ1v) is 7.70. The van der Waals surface area contributed by atoms with Crippen molar-refractivity contribution < 1.29 is 4.74 Å². The summed E-state index contributed by atoms with van der Waals surface area (Å²) in [6.07, 6.45) is 6.91. The van der Waals surface area contributed by atoms with Crippen molar-refractivity contribution in [1.29, 1.82) is 0 Å². The third kappa shape index (κ3) is 2.65. The third-order valence-electron chi connectivity index (χ3n) is 4.37. The second-order valence-corrected chi connectivity index (χ2v) is 6.16. The van der Waals surface area contributed by atoms with E-state index in [0.717, 1.165) is 43.5 Å². The summed E-state index contributed by atoms with van der Waals surface area (Å²) in [6.45, 7) is 0. The normalized spacial score (nSPS) is 24.6. The highest BCUT2D eigenvalue weighted by Gasteiger charge is 2.26. The van der Waals surface area contributed by atoms with E-state index in [-0.39, 0.29) is 0 Å². The van der Waals surface area contributed by atoms with Crippen molar-refractivity contribution in [3.8, 4) is 0 Å². The molecule has 1 aromatic heterocycles. The number of pyridine rings is 1. The van der Waals surface area contributed by atoms with Gasteiger partial charge in [-0.1, -0.05) is 12.2 Å². The molecule has 0 aromatic carbocycles. The Bertz CT molecular complexity index is 532. The predicted octanol–water partition coefficient (Wildman–Crippen LogP) is 2.18. The molecule has 4 nitrogen and oxygen atoms in total. The molecule has 0 aliphatic heterocycles. The van der Waals surface area contributed by atoms with Crippen LogP contribution in [0, 0.1) is 0 Å². The van der Waals surface area contributed by atoms with E-state index in [2.05, 4.69) is 11.4 Å². The quantitative estimate of drug-likeness (QED) is 0.833. The number of thiocarbonyl (C=S) groups is 1. The molecule has 2 aliphatic rings. The summed E-state index contributed by atoms with van der Waals surface area (Å²) in [4.78, 5) is 5.20. The number of hydrogen-bond acceptors (Lipinski definition) is 4. The van der Waals surface area contributed by atoms with Gasteiger partial charge in [-0.3, -0.25) is 0 Å². The Morgan fingerprint density at radius 3 is 3.00 bits per heavy atom. The molecule has 2 atom stereocenters. The Morgan fingerprint density at radius 2 is 2.30 bits per heavy atom. The smallest absolute Gasteiger partial charge is 0.136 e. The van der Waals surface area contributed by atoms with E-state index in [9.17, 15) is 0 Å². The third-order valence-corrected chi connectivity index (χ3v) is 4.59. The second kappa shape index (κ2) is 5.66. The lowest BCUT2D eigenvalue weighted by Crippen LogP contribution is -2.22. The maximum Gasteiger partial charge on any atom is 0.136 e. The van der Waals surface area contributed by atoms with Crippen LogP contribution in [0.2, 0.25) is 0 Å². The van der Waals surface area contributed by atoms with E-state index >= 15 is 0 Å². The van der Waals surface area contributed by atoms with E-state index in [1.807, 2.05) is 0 Å². The summed E-state index contributed by atoms with van der Waals surface area (Å²) < 4.78 is 5.42. The average molecular weight is 291 g/mol. The molecule has 5 heteroatoms. The van der Waals surface area contributed by atoms with Gasteiger partial charge in [-0.15, -0.1) is 0 Å². The number of nitrogens with two attached hydrogens (primary N) is 1. The number of ether oxygens (including phenoxy) is 1. The molecule has 0 spiro atoms. The molecule has 0 amide bonds. The molecule has 2 unspecified atom stereocenters. The molecular formula is C15H21N3OS. The molecule has 1 fully saturated rings. The number of rotatable bonds is 4. The number of aromatic nitrogens is 1. The first-order chi connectivity index (χ1) is 9.67. The summed E-state index contributed by atoms with van der Waals surface area (Å²) >= 11 is 5.18. The van der Waals surface area contributed by atoms with Gasteiger partial charge in [0.1, 0.15) is 10.8 Å².